The Kier molecular flexibility index (Phi) is 2.93. The van der Waals surface area contributed by atoms with Crippen LogP contribution in [0.15, 0.2) is 11.6 Å². The van der Waals surface area contributed by atoms with Gasteiger partial charge in [0.1, 0.15) is 0 Å². The lowest BCUT2D eigenvalue weighted by Gasteiger charge is -2.34. The maximum Gasteiger partial charge on any atom is 0.266 e. The summed E-state index contributed by atoms with van der Waals surface area (Å²) in [6.07, 6.45) is -1.90. The van der Waals surface area contributed by atoms with Crippen molar-refractivity contribution in [2.45, 2.75) is 26.7 Å². The van der Waals surface area contributed by atoms with Gasteiger partial charge in [-0.3, -0.25) is 9.59 Å². The second kappa shape index (κ2) is 3.72. The van der Waals surface area contributed by atoms with Crippen LogP contribution in [0.25, 0.3) is 0 Å². The van der Waals surface area contributed by atoms with Gasteiger partial charge in [-0.1, -0.05) is 19.9 Å². The smallest absolute Gasteiger partial charge is 0.266 e. The summed E-state index contributed by atoms with van der Waals surface area (Å²) in [7, 11) is 0. The van der Waals surface area contributed by atoms with Gasteiger partial charge in [0.25, 0.3) is 6.43 Å². The SMILES string of the molecule is CC1(C)CC(=O)C(C(F)F)=CC1C(N)=O. The topological polar surface area (TPSA) is 60.2 Å². The molecule has 1 unspecified atom stereocenters. The van der Waals surface area contributed by atoms with Crippen LogP contribution in [0.4, 0.5) is 8.78 Å². The van der Waals surface area contributed by atoms with Crippen molar-refractivity contribution < 1.29 is 18.4 Å². The van der Waals surface area contributed by atoms with Gasteiger partial charge in [0, 0.05) is 6.42 Å². The molecule has 1 aliphatic carbocycles. The van der Waals surface area contributed by atoms with Crippen molar-refractivity contribution in [2.24, 2.45) is 17.1 Å². The molecule has 2 N–H and O–H groups in total. The van der Waals surface area contributed by atoms with Gasteiger partial charge in [-0.05, 0) is 5.41 Å². The summed E-state index contributed by atoms with van der Waals surface area (Å²) < 4.78 is 24.8. The van der Waals surface area contributed by atoms with Gasteiger partial charge in [-0.25, -0.2) is 8.78 Å². The number of carbonyl (C=O) groups is 2. The molecule has 0 saturated heterocycles. The van der Waals surface area contributed by atoms with Crippen molar-refractivity contribution in [1.82, 2.24) is 0 Å². The third-order valence-corrected chi connectivity index (χ3v) is 2.67. The molecule has 0 saturated carbocycles. The molecule has 3 nitrogen and oxygen atoms in total. The lowest BCUT2D eigenvalue weighted by atomic mass is 9.69. The first-order valence-corrected chi connectivity index (χ1v) is 4.58. The maximum atomic E-state index is 12.4. The van der Waals surface area contributed by atoms with Crippen LogP contribution in [0.5, 0.6) is 0 Å². The van der Waals surface area contributed by atoms with Gasteiger partial charge < -0.3 is 5.73 Å². The molecule has 15 heavy (non-hydrogen) atoms. The van der Waals surface area contributed by atoms with E-state index in [4.69, 9.17) is 5.73 Å². The highest BCUT2D eigenvalue weighted by molar-refractivity contribution is 5.99. The minimum Gasteiger partial charge on any atom is -0.369 e. The minimum atomic E-state index is -2.84. The quantitative estimate of drug-likeness (QED) is 0.757. The summed E-state index contributed by atoms with van der Waals surface area (Å²) in [5.74, 6) is -2.09. The molecular formula is C10H13F2NO2. The van der Waals surface area contributed by atoms with Crippen molar-refractivity contribution >= 4 is 11.7 Å². The van der Waals surface area contributed by atoms with E-state index in [1.807, 2.05) is 0 Å². The number of Topliss-reactive ketones (excluding diaryl/α,β-unsaturated/α-hetero) is 1. The van der Waals surface area contributed by atoms with Crippen LogP contribution < -0.4 is 5.73 Å². The molecule has 0 radical (unpaired) electrons. The van der Waals surface area contributed by atoms with Crippen molar-refractivity contribution in [2.75, 3.05) is 0 Å². The number of hydrogen-bond donors (Lipinski definition) is 1. The van der Waals surface area contributed by atoms with Crippen LogP contribution in [-0.4, -0.2) is 18.1 Å². The highest BCUT2D eigenvalue weighted by atomic mass is 19.3. The van der Waals surface area contributed by atoms with E-state index in [1.165, 1.54) is 0 Å². The maximum absolute atomic E-state index is 12.4. The number of halogens is 2. The van der Waals surface area contributed by atoms with Crippen LogP contribution in [0, 0.1) is 11.3 Å². The van der Waals surface area contributed by atoms with E-state index >= 15 is 0 Å². The molecule has 84 valence electrons. The average Bonchev–Trinajstić information content (AvgIpc) is 1.99. The first kappa shape index (κ1) is 11.8. The van der Waals surface area contributed by atoms with Gasteiger partial charge in [0.05, 0.1) is 11.5 Å². The fraction of sp³-hybridized carbons (Fsp3) is 0.600. The molecule has 1 atom stereocenters. The highest BCUT2D eigenvalue weighted by Crippen LogP contribution is 2.38. The number of allylic oxidation sites excluding steroid dienone is 1. The first-order valence-electron chi connectivity index (χ1n) is 4.58. The van der Waals surface area contributed by atoms with Crippen molar-refractivity contribution in [1.29, 1.82) is 0 Å². The molecule has 1 rings (SSSR count). The number of primary amides is 1. The van der Waals surface area contributed by atoms with Crippen LogP contribution in [0.2, 0.25) is 0 Å². The molecular weight excluding hydrogens is 204 g/mol. The van der Waals surface area contributed by atoms with Crippen LogP contribution in [-0.2, 0) is 9.59 Å². The Hall–Kier alpha value is -1.26. The summed E-state index contributed by atoms with van der Waals surface area (Å²) >= 11 is 0. The number of nitrogens with two attached hydrogens (primary N) is 1. The highest BCUT2D eigenvalue weighted by Gasteiger charge is 2.41. The lowest BCUT2D eigenvalue weighted by Crippen LogP contribution is -2.40. The third-order valence-electron chi connectivity index (χ3n) is 2.67. The summed E-state index contributed by atoms with van der Waals surface area (Å²) in [4.78, 5) is 22.4. The molecule has 0 fully saturated rings. The molecule has 0 aromatic heterocycles. The Labute approximate surface area is 86.3 Å². The van der Waals surface area contributed by atoms with Crippen LogP contribution >= 0.6 is 0 Å². The van der Waals surface area contributed by atoms with Gasteiger partial charge >= 0.3 is 0 Å². The molecule has 0 aliphatic heterocycles. The third kappa shape index (κ3) is 2.22. The van der Waals surface area contributed by atoms with E-state index in [-0.39, 0.29) is 6.42 Å². The molecule has 1 amide bonds. The minimum absolute atomic E-state index is 0.0726. The van der Waals surface area contributed by atoms with E-state index < -0.39 is 35.0 Å². The number of hydrogen-bond acceptors (Lipinski definition) is 2. The zero-order valence-corrected chi connectivity index (χ0v) is 8.59. The van der Waals surface area contributed by atoms with Gasteiger partial charge in [0.15, 0.2) is 5.78 Å². The molecule has 1 aliphatic rings. The fourth-order valence-corrected chi connectivity index (χ4v) is 1.79. The molecule has 0 heterocycles. The second-order valence-electron chi connectivity index (χ2n) is 4.39. The van der Waals surface area contributed by atoms with Crippen molar-refractivity contribution in [3.05, 3.63) is 11.6 Å². The average molecular weight is 217 g/mol. The van der Waals surface area contributed by atoms with E-state index in [0.29, 0.717) is 0 Å². The van der Waals surface area contributed by atoms with Gasteiger partial charge in [-0.2, -0.15) is 0 Å². The zero-order valence-electron chi connectivity index (χ0n) is 8.59. The lowest BCUT2D eigenvalue weighted by molar-refractivity contribution is -0.126. The molecule has 5 heteroatoms. The number of ketones is 1. The van der Waals surface area contributed by atoms with Crippen molar-refractivity contribution in [3.63, 3.8) is 0 Å². The Morgan fingerprint density at radius 2 is 2.13 bits per heavy atom. The Bertz CT molecular complexity index is 334. The number of rotatable bonds is 2. The van der Waals surface area contributed by atoms with Crippen LogP contribution in [0.1, 0.15) is 20.3 Å². The van der Waals surface area contributed by atoms with E-state index in [0.717, 1.165) is 6.08 Å². The second-order valence-corrected chi connectivity index (χ2v) is 4.39. The normalized spacial score (nSPS) is 25.3. The van der Waals surface area contributed by atoms with Gasteiger partial charge in [0.2, 0.25) is 5.91 Å². The zero-order chi connectivity index (χ0) is 11.8. The predicted octanol–water partition coefficient (Wildman–Crippen LogP) is 1.28. The summed E-state index contributed by atoms with van der Waals surface area (Å²) in [5, 5.41) is 0. The monoisotopic (exact) mass is 217 g/mol. The van der Waals surface area contributed by atoms with Crippen molar-refractivity contribution in [3.8, 4) is 0 Å². The van der Waals surface area contributed by atoms with E-state index in [9.17, 15) is 18.4 Å². The summed E-state index contributed by atoms with van der Waals surface area (Å²) in [6, 6.07) is 0. The summed E-state index contributed by atoms with van der Waals surface area (Å²) in [5.41, 5.74) is 3.85. The fourth-order valence-electron chi connectivity index (χ4n) is 1.79. The molecule has 0 aromatic rings. The Morgan fingerprint density at radius 3 is 2.53 bits per heavy atom. The number of amides is 1. The molecule has 0 bridgehead atoms. The van der Waals surface area contributed by atoms with Crippen LogP contribution in [0.3, 0.4) is 0 Å². The van der Waals surface area contributed by atoms with E-state index in [1.54, 1.807) is 13.8 Å². The molecule has 0 spiro atoms. The van der Waals surface area contributed by atoms with Gasteiger partial charge in [-0.15, -0.1) is 0 Å². The molecule has 0 aromatic carbocycles. The first-order chi connectivity index (χ1) is 6.75. The predicted molar refractivity (Wildman–Crippen MR) is 50.2 cm³/mol. The summed E-state index contributed by atoms with van der Waals surface area (Å²) in [6.45, 7) is 3.33. The number of alkyl halides is 2. The Balaban J connectivity index is 3.13. The standard InChI is InChI=1S/C10H13F2NO2/c1-10(2)4-7(14)5(8(11)12)3-6(10)9(13)15/h3,6,8H,4H2,1-2H3,(H2,13,15). The largest absolute Gasteiger partial charge is 0.369 e. The Morgan fingerprint density at radius 1 is 1.60 bits per heavy atom. The number of carbonyl (C=O) groups excluding carboxylic acids is 2. The van der Waals surface area contributed by atoms with E-state index in [2.05, 4.69) is 0 Å².